The lowest BCUT2D eigenvalue weighted by molar-refractivity contribution is -0.129. The Labute approximate surface area is 106 Å². The lowest BCUT2D eigenvalue weighted by atomic mass is 9.84. The Balaban J connectivity index is 2.03. The van der Waals surface area contributed by atoms with Crippen molar-refractivity contribution < 1.29 is 19.4 Å². The van der Waals surface area contributed by atoms with Crippen LogP contribution in [0.25, 0.3) is 0 Å². The summed E-state index contributed by atoms with van der Waals surface area (Å²) in [7, 11) is 0. The Hall–Kier alpha value is -1.30. The topological polar surface area (TPSA) is 78.9 Å². The van der Waals surface area contributed by atoms with E-state index in [0.29, 0.717) is 13.0 Å². The van der Waals surface area contributed by atoms with Crippen LogP contribution in [0.15, 0.2) is 0 Å². The summed E-state index contributed by atoms with van der Waals surface area (Å²) in [6, 6.07) is 0. The molecule has 2 N–H and O–H groups in total. The number of nitrogens with one attached hydrogen (secondary N) is 1. The predicted molar refractivity (Wildman–Crippen MR) is 63.9 cm³/mol. The Morgan fingerprint density at radius 2 is 2.22 bits per heavy atom. The molecule has 0 radical (unpaired) electrons. The number of rotatable bonds is 0. The molecule has 6 nitrogen and oxygen atoms in total. The summed E-state index contributed by atoms with van der Waals surface area (Å²) in [5.41, 5.74) is -1.70. The van der Waals surface area contributed by atoms with Gasteiger partial charge in [0.2, 0.25) is 5.91 Å². The van der Waals surface area contributed by atoms with E-state index in [1.54, 1.807) is 20.8 Å². The average molecular weight is 256 g/mol. The molecule has 0 aromatic carbocycles. The summed E-state index contributed by atoms with van der Waals surface area (Å²) in [5.74, 6) is -0.530. The largest absolute Gasteiger partial charge is 0.444 e. The molecule has 0 aliphatic carbocycles. The number of fused-ring (bicyclic) bond motifs is 1. The molecule has 18 heavy (non-hydrogen) atoms. The summed E-state index contributed by atoms with van der Waals surface area (Å²) in [6.45, 7) is 6.18. The maximum Gasteiger partial charge on any atom is 0.410 e. The number of β-amino-alcohol motifs (C(OH)–C–C–N with tert-alkyl or cyclic N) is 1. The van der Waals surface area contributed by atoms with Crippen LogP contribution in [0, 0.1) is 5.92 Å². The fourth-order valence-electron chi connectivity index (χ4n) is 2.47. The molecule has 2 fully saturated rings. The minimum Gasteiger partial charge on any atom is -0.444 e. The molecule has 2 amide bonds. The van der Waals surface area contributed by atoms with Gasteiger partial charge in [0, 0.05) is 13.1 Å². The quantitative estimate of drug-likeness (QED) is 0.644. The average Bonchev–Trinajstić information content (AvgIpc) is 2.52. The summed E-state index contributed by atoms with van der Waals surface area (Å²) in [4.78, 5) is 24.9. The van der Waals surface area contributed by atoms with Crippen LogP contribution in [0.2, 0.25) is 0 Å². The summed E-state index contributed by atoms with van der Waals surface area (Å²) in [5, 5.41) is 13.0. The van der Waals surface area contributed by atoms with Gasteiger partial charge in [0.25, 0.3) is 0 Å². The third-order valence-corrected chi connectivity index (χ3v) is 3.34. The number of aliphatic hydroxyl groups is 1. The first kappa shape index (κ1) is 13.1. The number of ether oxygens (including phenoxy) is 1. The van der Waals surface area contributed by atoms with Crippen LogP contribution in [0.4, 0.5) is 4.79 Å². The Bertz CT molecular complexity index is 377. The van der Waals surface area contributed by atoms with Gasteiger partial charge in [-0.2, -0.15) is 0 Å². The van der Waals surface area contributed by atoms with Gasteiger partial charge >= 0.3 is 6.09 Å². The van der Waals surface area contributed by atoms with E-state index in [1.165, 1.54) is 4.90 Å². The molecule has 2 aliphatic heterocycles. The molecular weight excluding hydrogens is 236 g/mol. The summed E-state index contributed by atoms with van der Waals surface area (Å²) >= 11 is 0. The minimum absolute atomic E-state index is 0.124. The number of piperidine rings is 1. The zero-order chi connectivity index (χ0) is 13.6. The molecule has 2 atom stereocenters. The maximum absolute atomic E-state index is 11.9. The number of likely N-dealkylation sites (tertiary alicyclic amines) is 1. The van der Waals surface area contributed by atoms with Gasteiger partial charge in [0.05, 0.1) is 12.5 Å². The van der Waals surface area contributed by atoms with E-state index in [9.17, 15) is 14.7 Å². The van der Waals surface area contributed by atoms with Crippen LogP contribution in [-0.4, -0.2) is 52.8 Å². The lowest BCUT2D eigenvalue weighted by Gasteiger charge is -2.39. The molecule has 0 saturated carbocycles. The zero-order valence-electron chi connectivity index (χ0n) is 11.0. The van der Waals surface area contributed by atoms with Crippen molar-refractivity contribution in [2.75, 3.05) is 19.6 Å². The number of carbonyl (C=O) groups excluding carboxylic acids is 2. The highest BCUT2D eigenvalue weighted by Gasteiger charge is 2.51. The molecule has 0 spiro atoms. The monoisotopic (exact) mass is 256 g/mol. The maximum atomic E-state index is 11.9. The first-order chi connectivity index (χ1) is 8.21. The van der Waals surface area contributed by atoms with Crippen LogP contribution in [0.1, 0.15) is 27.2 Å². The van der Waals surface area contributed by atoms with Gasteiger partial charge in [0.1, 0.15) is 11.2 Å². The van der Waals surface area contributed by atoms with Crippen LogP contribution < -0.4 is 5.32 Å². The van der Waals surface area contributed by atoms with Crippen molar-refractivity contribution in [3.63, 3.8) is 0 Å². The number of hydrogen-bond acceptors (Lipinski definition) is 4. The molecule has 2 rings (SSSR count). The first-order valence-electron chi connectivity index (χ1n) is 6.19. The van der Waals surface area contributed by atoms with Crippen LogP contribution in [0.5, 0.6) is 0 Å². The number of amides is 2. The van der Waals surface area contributed by atoms with E-state index in [2.05, 4.69) is 5.32 Å². The van der Waals surface area contributed by atoms with Crippen molar-refractivity contribution in [2.45, 2.75) is 38.4 Å². The van der Waals surface area contributed by atoms with E-state index in [-0.39, 0.29) is 19.0 Å². The van der Waals surface area contributed by atoms with E-state index in [0.717, 1.165) is 0 Å². The highest BCUT2D eigenvalue weighted by atomic mass is 16.6. The Morgan fingerprint density at radius 1 is 1.56 bits per heavy atom. The van der Waals surface area contributed by atoms with E-state index < -0.39 is 23.2 Å². The summed E-state index contributed by atoms with van der Waals surface area (Å²) in [6.07, 6.45) is 0.0374. The van der Waals surface area contributed by atoms with Crippen molar-refractivity contribution in [1.82, 2.24) is 10.2 Å². The fourth-order valence-corrected chi connectivity index (χ4v) is 2.47. The van der Waals surface area contributed by atoms with Gasteiger partial charge in [0.15, 0.2) is 0 Å². The van der Waals surface area contributed by atoms with Gasteiger partial charge in [-0.05, 0) is 27.2 Å². The molecule has 2 saturated heterocycles. The fraction of sp³-hybridized carbons (Fsp3) is 0.833. The van der Waals surface area contributed by atoms with Crippen molar-refractivity contribution in [3.8, 4) is 0 Å². The van der Waals surface area contributed by atoms with Crippen molar-refractivity contribution >= 4 is 12.0 Å². The number of carbonyl (C=O) groups is 2. The normalized spacial score (nSPS) is 31.9. The highest BCUT2D eigenvalue weighted by molar-refractivity contribution is 5.83. The molecular formula is C12H20N2O4. The van der Waals surface area contributed by atoms with Crippen LogP contribution in [-0.2, 0) is 9.53 Å². The van der Waals surface area contributed by atoms with Gasteiger partial charge in [-0.15, -0.1) is 0 Å². The van der Waals surface area contributed by atoms with Gasteiger partial charge in [-0.25, -0.2) is 4.79 Å². The van der Waals surface area contributed by atoms with Crippen molar-refractivity contribution in [3.05, 3.63) is 0 Å². The van der Waals surface area contributed by atoms with Crippen LogP contribution in [0.3, 0.4) is 0 Å². The summed E-state index contributed by atoms with van der Waals surface area (Å²) < 4.78 is 5.27. The zero-order valence-corrected chi connectivity index (χ0v) is 11.0. The second kappa shape index (κ2) is 4.12. The molecule has 0 bridgehead atoms. The number of nitrogens with zero attached hydrogens (tertiary/aromatic N) is 1. The second-order valence-corrected chi connectivity index (χ2v) is 6.06. The van der Waals surface area contributed by atoms with Crippen molar-refractivity contribution in [2.24, 2.45) is 5.92 Å². The molecule has 0 aromatic heterocycles. The van der Waals surface area contributed by atoms with Gasteiger partial charge in [-0.1, -0.05) is 0 Å². The van der Waals surface area contributed by atoms with E-state index in [4.69, 9.17) is 4.74 Å². The van der Waals surface area contributed by atoms with E-state index >= 15 is 0 Å². The molecule has 2 aliphatic rings. The minimum atomic E-state index is -1.15. The standard InChI is InChI=1S/C12H20N2O4/c1-11(2,3)18-10(16)14-5-4-8-9(15)13-6-12(8,17)7-14/h8,17H,4-7H2,1-3H3,(H,13,15)/t8-,12+/m1/s1. The highest BCUT2D eigenvalue weighted by Crippen LogP contribution is 2.32. The predicted octanol–water partition coefficient (Wildman–Crippen LogP) is 0.104. The molecule has 0 unspecified atom stereocenters. The van der Waals surface area contributed by atoms with Gasteiger partial charge in [-0.3, -0.25) is 4.79 Å². The Kier molecular flexibility index (Phi) is 3.01. The second-order valence-electron chi connectivity index (χ2n) is 6.06. The first-order valence-corrected chi connectivity index (χ1v) is 6.19. The molecule has 0 aromatic rings. The van der Waals surface area contributed by atoms with Gasteiger partial charge < -0.3 is 20.1 Å². The Morgan fingerprint density at radius 3 is 2.83 bits per heavy atom. The SMILES string of the molecule is CC(C)(C)OC(=O)N1CC[C@@H]2C(=O)NC[C@]2(O)C1. The smallest absolute Gasteiger partial charge is 0.410 e. The molecule has 6 heteroatoms. The third kappa shape index (κ3) is 2.43. The van der Waals surface area contributed by atoms with Crippen molar-refractivity contribution in [1.29, 1.82) is 0 Å². The van der Waals surface area contributed by atoms with E-state index in [1.807, 2.05) is 0 Å². The molecule has 2 heterocycles. The third-order valence-electron chi connectivity index (χ3n) is 3.34. The van der Waals surface area contributed by atoms with Crippen LogP contribution >= 0.6 is 0 Å². The molecule has 102 valence electrons. The lowest BCUT2D eigenvalue weighted by Crippen LogP contribution is -2.56. The number of hydrogen-bond donors (Lipinski definition) is 2.